The van der Waals surface area contributed by atoms with Crippen LogP contribution in [-0.4, -0.2) is 23.0 Å². The lowest BCUT2D eigenvalue weighted by atomic mass is 10.2. The number of carbonyl (C=O) groups is 2. The van der Waals surface area contributed by atoms with Crippen molar-refractivity contribution in [1.29, 1.82) is 0 Å². The molecule has 0 radical (unpaired) electrons. The van der Waals surface area contributed by atoms with Gasteiger partial charge in [0.2, 0.25) is 0 Å². The summed E-state index contributed by atoms with van der Waals surface area (Å²) in [5, 5.41) is 11.2. The van der Waals surface area contributed by atoms with E-state index in [9.17, 15) is 9.59 Å². The Hall–Kier alpha value is -1.75. The van der Waals surface area contributed by atoms with Crippen LogP contribution >= 0.6 is 11.6 Å². The van der Waals surface area contributed by atoms with E-state index in [0.29, 0.717) is 10.7 Å². The first kappa shape index (κ1) is 12.3. The van der Waals surface area contributed by atoms with Crippen LogP contribution in [0.2, 0.25) is 5.02 Å². The first-order valence-corrected chi connectivity index (χ1v) is 4.87. The minimum atomic E-state index is -1.11. The molecule has 0 aromatic heterocycles. The van der Waals surface area contributed by atoms with Gasteiger partial charge in [0.1, 0.15) is 6.04 Å². The summed E-state index contributed by atoms with van der Waals surface area (Å²) in [5.74, 6) is -1.63. The number of anilines is 1. The lowest BCUT2D eigenvalue weighted by Gasteiger charge is -2.09. The molecule has 1 unspecified atom stereocenters. The highest BCUT2D eigenvalue weighted by Crippen LogP contribution is 2.16. The number of carboxylic acids is 1. The molecule has 86 valence electrons. The van der Waals surface area contributed by atoms with Crippen LogP contribution < -0.4 is 11.1 Å². The molecule has 0 spiro atoms. The summed E-state index contributed by atoms with van der Waals surface area (Å²) in [6.07, 6.45) is 0. The summed E-state index contributed by atoms with van der Waals surface area (Å²) < 4.78 is 0. The van der Waals surface area contributed by atoms with Crippen molar-refractivity contribution < 1.29 is 14.7 Å². The van der Waals surface area contributed by atoms with Crippen LogP contribution in [-0.2, 0) is 4.79 Å². The number of halogens is 1. The third-order valence-electron chi connectivity index (χ3n) is 1.90. The molecule has 0 aliphatic rings. The Labute approximate surface area is 97.2 Å². The van der Waals surface area contributed by atoms with Crippen LogP contribution in [0.15, 0.2) is 18.2 Å². The molecule has 16 heavy (non-hydrogen) atoms. The Morgan fingerprint density at radius 2 is 2.06 bits per heavy atom. The van der Waals surface area contributed by atoms with Gasteiger partial charge in [-0.3, -0.25) is 9.59 Å². The summed E-state index contributed by atoms with van der Waals surface area (Å²) >= 11 is 5.72. The van der Waals surface area contributed by atoms with E-state index in [4.69, 9.17) is 22.4 Å². The minimum absolute atomic E-state index is 0.234. The van der Waals surface area contributed by atoms with E-state index in [1.807, 2.05) is 0 Å². The van der Waals surface area contributed by atoms with E-state index in [-0.39, 0.29) is 5.56 Å². The molecular weight excluding hydrogens is 232 g/mol. The van der Waals surface area contributed by atoms with Crippen molar-refractivity contribution in [3.05, 3.63) is 28.8 Å². The van der Waals surface area contributed by atoms with Crippen molar-refractivity contribution in [3.63, 3.8) is 0 Å². The molecule has 5 nitrogen and oxygen atoms in total. The monoisotopic (exact) mass is 242 g/mol. The lowest BCUT2D eigenvalue weighted by Crippen LogP contribution is -2.38. The van der Waals surface area contributed by atoms with Crippen LogP contribution in [0.5, 0.6) is 0 Å². The van der Waals surface area contributed by atoms with Gasteiger partial charge in [0.05, 0.1) is 0 Å². The van der Waals surface area contributed by atoms with E-state index in [1.165, 1.54) is 25.1 Å². The molecule has 0 aliphatic carbocycles. The molecule has 0 heterocycles. The van der Waals surface area contributed by atoms with Crippen molar-refractivity contribution in [3.8, 4) is 0 Å². The first-order chi connectivity index (χ1) is 7.40. The highest BCUT2D eigenvalue weighted by atomic mass is 35.5. The van der Waals surface area contributed by atoms with Crippen molar-refractivity contribution in [2.24, 2.45) is 0 Å². The van der Waals surface area contributed by atoms with Crippen molar-refractivity contribution >= 4 is 29.2 Å². The number of rotatable bonds is 3. The molecule has 0 fully saturated rings. The van der Waals surface area contributed by atoms with Gasteiger partial charge in [-0.05, 0) is 25.1 Å². The molecule has 0 saturated carbocycles. The maximum absolute atomic E-state index is 11.6. The number of nitrogen functional groups attached to an aromatic ring is 1. The number of nitrogens with two attached hydrogens (primary N) is 1. The molecule has 1 amide bonds. The average Bonchev–Trinajstić information content (AvgIpc) is 2.15. The largest absolute Gasteiger partial charge is 0.480 e. The second-order valence-corrected chi connectivity index (χ2v) is 3.74. The summed E-state index contributed by atoms with van der Waals surface area (Å²) in [6, 6.07) is 3.38. The maximum atomic E-state index is 11.6. The van der Waals surface area contributed by atoms with E-state index < -0.39 is 17.9 Å². The Kier molecular flexibility index (Phi) is 3.73. The van der Waals surface area contributed by atoms with Gasteiger partial charge in [0.25, 0.3) is 5.91 Å². The number of hydrogen-bond acceptors (Lipinski definition) is 3. The molecule has 1 aromatic carbocycles. The number of amides is 1. The topological polar surface area (TPSA) is 92.4 Å². The summed E-state index contributed by atoms with van der Waals surface area (Å²) in [4.78, 5) is 22.1. The molecular formula is C10H11ClN2O3. The average molecular weight is 243 g/mol. The standard InChI is InChI=1S/C10H11ClN2O3/c1-5(10(15)16)13-9(14)6-2-7(11)4-8(12)3-6/h2-5H,12H2,1H3,(H,13,14)(H,15,16). The molecule has 6 heteroatoms. The van der Waals surface area contributed by atoms with Crippen molar-refractivity contribution in [2.45, 2.75) is 13.0 Å². The number of aliphatic carboxylic acids is 1. The Morgan fingerprint density at radius 1 is 1.44 bits per heavy atom. The number of benzene rings is 1. The Morgan fingerprint density at radius 3 is 2.56 bits per heavy atom. The zero-order valence-corrected chi connectivity index (χ0v) is 9.28. The zero-order valence-electron chi connectivity index (χ0n) is 8.53. The van der Waals surface area contributed by atoms with Crippen molar-refractivity contribution in [1.82, 2.24) is 5.32 Å². The molecule has 1 atom stereocenters. The van der Waals surface area contributed by atoms with E-state index in [1.54, 1.807) is 0 Å². The Balaban J connectivity index is 2.84. The normalized spacial score (nSPS) is 11.9. The Bertz CT molecular complexity index is 414. The van der Waals surface area contributed by atoms with Crippen LogP contribution in [0.1, 0.15) is 17.3 Å². The molecule has 1 rings (SSSR count). The molecule has 0 bridgehead atoms. The molecule has 1 aromatic rings. The lowest BCUT2D eigenvalue weighted by molar-refractivity contribution is -0.138. The van der Waals surface area contributed by atoms with Crippen LogP contribution in [0.4, 0.5) is 5.69 Å². The highest BCUT2D eigenvalue weighted by Gasteiger charge is 2.15. The van der Waals surface area contributed by atoms with Gasteiger partial charge in [-0.15, -0.1) is 0 Å². The minimum Gasteiger partial charge on any atom is -0.480 e. The number of carboxylic acid groups (broad SMARTS) is 1. The summed E-state index contributed by atoms with van der Waals surface area (Å²) in [5.41, 5.74) is 6.09. The van der Waals surface area contributed by atoms with E-state index in [2.05, 4.69) is 5.32 Å². The van der Waals surface area contributed by atoms with Gasteiger partial charge in [-0.2, -0.15) is 0 Å². The predicted molar refractivity (Wildman–Crippen MR) is 60.4 cm³/mol. The smallest absolute Gasteiger partial charge is 0.325 e. The maximum Gasteiger partial charge on any atom is 0.325 e. The predicted octanol–water partition coefficient (Wildman–Crippen LogP) is 1.13. The van der Waals surface area contributed by atoms with E-state index >= 15 is 0 Å². The van der Waals surface area contributed by atoms with Crippen LogP contribution in [0.3, 0.4) is 0 Å². The number of hydrogen-bond donors (Lipinski definition) is 3. The second kappa shape index (κ2) is 4.85. The second-order valence-electron chi connectivity index (χ2n) is 3.31. The van der Waals surface area contributed by atoms with Gasteiger partial charge in [-0.1, -0.05) is 11.6 Å². The fourth-order valence-corrected chi connectivity index (χ4v) is 1.33. The van der Waals surface area contributed by atoms with Crippen LogP contribution in [0, 0.1) is 0 Å². The highest BCUT2D eigenvalue weighted by molar-refractivity contribution is 6.31. The fourth-order valence-electron chi connectivity index (χ4n) is 1.09. The summed E-state index contributed by atoms with van der Waals surface area (Å²) in [7, 11) is 0. The summed E-state index contributed by atoms with van der Waals surface area (Å²) in [6.45, 7) is 1.37. The van der Waals surface area contributed by atoms with Gasteiger partial charge < -0.3 is 16.2 Å². The van der Waals surface area contributed by atoms with Crippen LogP contribution in [0.25, 0.3) is 0 Å². The quantitative estimate of drug-likeness (QED) is 0.693. The molecule has 0 aliphatic heterocycles. The van der Waals surface area contributed by atoms with Gasteiger partial charge in [0.15, 0.2) is 0 Å². The first-order valence-electron chi connectivity index (χ1n) is 4.50. The molecule has 0 saturated heterocycles. The third-order valence-corrected chi connectivity index (χ3v) is 2.12. The van der Waals surface area contributed by atoms with Gasteiger partial charge in [0, 0.05) is 16.3 Å². The molecule has 4 N–H and O–H groups in total. The third kappa shape index (κ3) is 3.13. The number of carbonyl (C=O) groups excluding carboxylic acids is 1. The SMILES string of the molecule is CC(NC(=O)c1cc(N)cc(Cl)c1)C(=O)O. The van der Waals surface area contributed by atoms with Gasteiger partial charge in [-0.25, -0.2) is 0 Å². The fraction of sp³-hybridized carbons (Fsp3) is 0.200. The zero-order chi connectivity index (χ0) is 12.3. The van der Waals surface area contributed by atoms with Gasteiger partial charge >= 0.3 is 5.97 Å². The van der Waals surface area contributed by atoms with Crippen molar-refractivity contribution in [2.75, 3.05) is 5.73 Å². The van der Waals surface area contributed by atoms with E-state index in [0.717, 1.165) is 0 Å². The number of nitrogens with one attached hydrogen (secondary N) is 1.